The van der Waals surface area contributed by atoms with Gasteiger partial charge in [0.2, 0.25) is 5.91 Å². The van der Waals surface area contributed by atoms with Crippen LogP contribution in [-0.2, 0) is 4.79 Å². The largest absolute Gasteiger partial charge is 0.497 e. The van der Waals surface area contributed by atoms with E-state index in [0.717, 1.165) is 6.42 Å². The first-order valence-electron chi connectivity index (χ1n) is 5.96. The van der Waals surface area contributed by atoms with E-state index in [0.29, 0.717) is 12.3 Å². The van der Waals surface area contributed by atoms with E-state index >= 15 is 0 Å². The van der Waals surface area contributed by atoms with Crippen molar-refractivity contribution in [2.45, 2.75) is 26.3 Å². The molecule has 0 radical (unpaired) electrons. The predicted octanol–water partition coefficient (Wildman–Crippen LogP) is 2.16. The van der Waals surface area contributed by atoms with Crippen LogP contribution in [0.25, 0.3) is 0 Å². The van der Waals surface area contributed by atoms with Gasteiger partial charge in [-0.1, -0.05) is 6.92 Å². The Labute approximate surface area is 107 Å². The number of benzene rings is 1. The molecule has 1 unspecified atom stereocenters. The van der Waals surface area contributed by atoms with Gasteiger partial charge in [-0.05, 0) is 25.5 Å². The van der Waals surface area contributed by atoms with Crippen molar-refractivity contribution in [3.8, 4) is 5.75 Å². The summed E-state index contributed by atoms with van der Waals surface area (Å²) < 4.78 is 18.5. The Morgan fingerprint density at radius 2 is 2.22 bits per heavy atom. The highest BCUT2D eigenvalue weighted by Gasteiger charge is 2.14. The van der Waals surface area contributed by atoms with E-state index in [1.54, 1.807) is 6.92 Å². The Kier molecular flexibility index (Phi) is 5.42. The van der Waals surface area contributed by atoms with E-state index < -0.39 is 11.9 Å². The highest BCUT2D eigenvalue weighted by atomic mass is 19.1. The number of halogens is 1. The second-order valence-corrected chi connectivity index (χ2v) is 4.00. The van der Waals surface area contributed by atoms with Crippen LogP contribution in [0.1, 0.15) is 20.3 Å². The number of methoxy groups -OCH3 is 1. The summed E-state index contributed by atoms with van der Waals surface area (Å²) in [6, 6.07) is 3.86. The fourth-order valence-electron chi connectivity index (χ4n) is 1.44. The van der Waals surface area contributed by atoms with Crippen LogP contribution < -0.4 is 15.4 Å². The average Bonchev–Trinajstić information content (AvgIpc) is 2.38. The molecule has 0 fully saturated rings. The molecule has 2 N–H and O–H groups in total. The Morgan fingerprint density at radius 3 is 2.83 bits per heavy atom. The van der Waals surface area contributed by atoms with Crippen molar-refractivity contribution in [1.29, 1.82) is 0 Å². The molecule has 1 amide bonds. The molecule has 0 saturated carbocycles. The van der Waals surface area contributed by atoms with Gasteiger partial charge >= 0.3 is 0 Å². The van der Waals surface area contributed by atoms with Crippen molar-refractivity contribution in [3.63, 3.8) is 0 Å². The Balaban J connectivity index is 2.68. The van der Waals surface area contributed by atoms with E-state index in [9.17, 15) is 9.18 Å². The molecule has 1 aromatic carbocycles. The first-order valence-corrected chi connectivity index (χ1v) is 5.96. The smallest absolute Gasteiger partial charge is 0.242 e. The zero-order chi connectivity index (χ0) is 13.5. The van der Waals surface area contributed by atoms with Crippen LogP contribution in [-0.4, -0.2) is 25.6 Å². The van der Waals surface area contributed by atoms with Crippen molar-refractivity contribution in [2.75, 3.05) is 19.0 Å². The minimum atomic E-state index is -0.502. The van der Waals surface area contributed by atoms with Crippen molar-refractivity contribution >= 4 is 11.6 Å². The number of rotatable bonds is 6. The van der Waals surface area contributed by atoms with Crippen LogP contribution in [0.4, 0.5) is 10.1 Å². The molecule has 0 aromatic heterocycles. The fraction of sp³-hybridized carbons (Fsp3) is 0.462. The zero-order valence-corrected chi connectivity index (χ0v) is 10.9. The van der Waals surface area contributed by atoms with Gasteiger partial charge in [0.15, 0.2) is 0 Å². The van der Waals surface area contributed by atoms with Gasteiger partial charge in [0.25, 0.3) is 0 Å². The minimum absolute atomic E-state index is 0.154. The van der Waals surface area contributed by atoms with Crippen LogP contribution >= 0.6 is 0 Å². The minimum Gasteiger partial charge on any atom is -0.497 e. The van der Waals surface area contributed by atoms with Crippen molar-refractivity contribution < 1.29 is 13.9 Å². The SMILES string of the molecule is CCCNC(=O)C(C)Nc1cc(OC)ccc1F. The van der Waals surface area contributed by atoms with E-state index in [2.05, 4.69) is 10.6 Å². The van der Waals surface area contributed by atoms with Gasteiger partial charge in [0.1, 0.15) is 17.6 Å². The molecule has 0 aliphatic carbocycles. The standard InChI is InChI=1S/C13H19FN2O2/c1-4-7-15-13(17)9(2)16-12-8-10(18-3)5-6-11(12)14/h5-6,8-9,16H,4,7H2,1-3H3,(H,15,17). The lowest BCUT2D eigenvalue weighted by Gasteiger charge is -2.16. The molecule has 4 nitrogen and oxygen atoms in total. The van der Waals surface area contributed by atoms with E-state index in [1.165, 1.54) is 25.3 Å². The molecule has 1 aromatic rings. The maximum absolute atomic E-state index is 13.5. The number of nitrogens with one attached hydrogen (secondary N) is 2. The lowest BCUT2D eigenvalue weighted by atomic mass is 10.2. The number of ether oxygens (including phenoxy) is 1. The molecule has 0 saturated heterocycles. The summed E-state index contributed by atoms with van der Waals surface area (Å²) in [6.07, 6.45) is 0.867. The summed E-state index contributed by atoms with van der Waals surface area (Å²) >= 11 is 0. The molecular weight excluding hydrogens is 235 g/mol. The number of hydrogen-bond donors (Lipinski definition) is 2. The monoisotopic (exact) mass is 254 g/mol. The topological polar surface area (TPSA) is 50.4 Å². The third-order valence-electron chi connectivity index (χ3n) is 2.49. The number of hydrogen-bond acceptors (Lipinski definition) is 3. The van der Waals surface area contributed by atoms with Gasteiger partial charge in [-0.2, -0.15) is 0 Å². The lowest BCUT2D eigenvalue weighted by molar-refractivity contribution is -0.121. The maximum Gasteiger partial charge on any atom is 0.242 e. The number of carbonyl (C=O) groups excluding carboxylic acids is 1. The Hall–Kier alpha value is -1.78. The zero-order valence-electron chi connectivity index (χ0n) is 10.9. The molecule has 1 rings (SSSR count). The van der Waals surface area contributed by atoms with Crippen molar-refractivity contribution in [1.82, 2.24) is 5.32 Å². The van der Waals surface area contributed by atoms with E-state index in [1.807, 2.05) is 6.92 Å². The normalized spacial score (nSPS) is 11.8. The second-order valence-electron chi connectivity index (χ2n) is 4.00. The fourth-order valence-corrected chi connectivity index (χ4v) is 1.44. The summed E-state index contributed by atoms with van der Waals surface area (Å²) in [5, 5.41) is 5.57. The van der Waals surface area contributed by atoms with E-state index in [-0.39, 0.29) is 11.6 Å². The highest BCUT2D eigenvalue weighted by molar-refractivity contribution is 5.84. The molecule has 0 aliphatic heterocycles. The number of anilines is 1. The second kappa shape index (κ2) is 6.83. The Morgan fingerprint density at radius 1 is 1.50 bits per heavy atom. The van der Waals surface area contributed by atoms with Crippen molar-refractivity contribution in [3.05, 3.63) is 24.0 Å². The van der Waals surface area contributed by atoms with Crippen LogP contribution in [0.2, 0.25) is 0 Å². The molecule has 1 atom stereocenters. The van der Waals surface area contributed by atoms with Crippen LogP contribution in [0.5, 0.6) is 5.75 Å². The summed E-state index contributed by atoms with van der Waals surface area (Å²) in [7, 11) is 1.51. The van der Waals surface area contributed by atoms with Gasteiger partial charge in [-0.15, -0.1) is 0 Å². The summed E-state index contributed by atoms with van der Waals surface area (Å²) in [5.41, 5.74) is 0.258. The van der Waals surface area contributed by atoms with E-state index in [4.69, 9.17) is 4.74 Å². The van der Waals surface area contributed by atoms with Crippen LogP contribution in [0.15, 0.2) is 18.2 Å². The molecule has 0 bridgehead atoms. The molecule has 0 heterocycles. The summed E-state index contributed by atoms with van der Waals surface area (Å²) in [5.74, 6) is -0.0231. The van der Waals surface area contributed by atoms with Crippen LogP contribution in [0.3, 0.4) is 0 Å². The number of carbonyl (C=O) groups is 1. The summed E-state index contributed by atoms with van der Waals surface area (Å²) in [4.78, 5) is 11.6. The van der Waals surface area contributed by atoms with Crippen LogP contribution in [0, 0.1) is 5.82 Å². The first kappa shape index (κ1) is 14.3. The van der Waals surface area contributed by atoms with Gasteiger partial charge in [0.05, 0.1) is 12.8 Å². The maximum atomic E-state index is 13.5. The lowest BCUT2D eigenvalue weighted by Crippen LogP contribution is -2.38. The third kappa shape index (κ3) is 3.91. The molecule has 0 spiro atoms. The van der Waals surface area contributed by atoms with Gasteiger partial charge in [-0.3, -0.25) is 4.79 Å². The number of amides is 1. The van der Waals surface area contributed by atoms with Gasteiger partial charge in [0, 0.05) is 12.6 Å². The Bertz CT molecular complexity index is 410. The van der Waals surface area contributed by atoms with Gasteiger partial charge < -0.3 is 15.4 Å². The quantitative estimate of drug-likeness (QED) is 0.818. The molecule has 0 aliphatic rings. The highest BCUT2D eigenvalue weighted by Crippen LogP contribution is 2.21. The summed E-state index contributed by atoms with van der Waals surface area (Å²) in [6.45, 7) is 4.27. The molecule has 18 heavy (non-hydrogen) atoms. The van der Waals surface area contributed by atoms with Gasteiger partial charge in [-0.25, -0.2) is 4.39 Å². The average molecular weight is 254 g/mol. The molecule has 5 heteroatoms. The van der Waals surface area contributed by atoms with Crippen molar-refractivity contribution in [2.24, 2.45) is 0 Å². The third-order valence-corrected chi connectivity index (χ3v) is 2.49. The predicted molar refractivity (Wildman–Crippen MR) is 69.3 cm³/mol. The first-order chi connectivity index (χ1) is 8.58. The molecular formula is C13H19FN2O2. The molecule has 100 valence electrons.